The fourth-order valence-electron chi connectivity index (χ4n) is 1.95. The summed E-state index contributed by atoms with van der Waals surface area (Å²) in [4.78, 5) is 36.3. The van der Waals surface area contributed by atoms with Crippen molar-refractivity contribution in [3.05, 3.63) is 29.3 Å². The number of imide groups is 1. The van der Waals surface area contributed by atoms with Gasteiger partial charge in [-0.05, 0) is 18.2 Å². The summed E-state index contributed by atoms with van der Waals surface area (Å²) in [6.45, 7) is -0.481. The number of ether oxygens (including phenoxy) is 1. The summed E-state index contributed by atoms with van der Waals surface area (Å²) in [7, 11) is 2.52. The van der Waals surface area contributed by atoms with Crippen LogP contribution in [-0.2, 0) is 25.2 Å². The van der Waals surface area contributed by atoms with Gasteiger partial charge in [-0.25, -0.2) is 5.06 Å². The largest absolute Gasteiger partial charge is 0.468 e. The quantitative estimate of drug-likeness (QED) is 0.347. The highest BCUT2D eigenvalue weighted by Crippen LogP contribution is 2.27. The van der Waals surface area contributed by atoms with Crippen LogP contribution in [0.15, 0.2) is 18.2 Å². The molecule has 22 heavy (non-hydrogen) atoms. The van der Waals surface area contributed by atoms with Gasteiger partial charge in [0.2, 0.25) is 0 Å². The van der Waals surface area contributed by atoms with Gasteiger partial charge >= 0.3 is 17.3 Å². The first-order valence-corrected chi connectivity index (χ1v) is 6.98. The van der Waals surface area contributed by atoms with Crippen molar-refractivity contribution >= 4 is 34.8 Å². The molecule has 2 amide bonds. The molecule has 0 spiro atoms. The fraction of sp³-hybridized carbons (Fsp3) is 0.250. The number of rotatable bonds is 5. The van der Waals surface area contributed by atoms with E-state index in [0.29, 0.717) is 5.69 Å². The molecule has 0 saturated heterocycles. The molecule has 1 unspecified atom stereocenters. The lowest BCUT2D eigenvalue weighted by atomic mass is 10.1. The Morgan fingerprint density at radius 2 is 1.95 bits per heavy atom. The third-order valence-electron chi connectivity index (χ3n) is 3.01. The maximum atomic E-state index is 12.2. The smallest absolute Gasteiger partial charge is 0.325 e. The van der Waals surface area contributed by atoms with Gasteiger partial charge in [0.1, 0.15) is 6.54 Å². The Hall–Kier alpha value is -2.30. The third-order valence-corrected chi connectivity index (χ3v) is 3.36. The molecule has 0 bridgehead atoms. The van der Waals surface area contributed by atoms with Crippen LogP contribution < -0.4 is 5.06 Å². The van der Waals surface area contributed by atoms with Crippen LogP contribution in [0.3, 0.4) is 0 Å². The van der Waals surface area contributed by atoms with E-state index in [4.69, 9.17) is 4.55 Å². The van der Waals surface area contributed by atoms with Gasteiger partial charge in [0.15, 0.2) is 0 Å². The van der Waals surface area contributed by atoms with Gasteiger partial charge in [0, 0.05) is 7.05 Å². The predicted octanol–water partition coefficient (Wildman–Crippen LogP) is -0.0399. The highest BCUT2D eigenvalue weighted by molar-refractivity contribution is 7.74. The third kappa shape index (κ3) is 2.98. The Balaban J connectivity index is 2.30. The Labute approximate surface area is 127 Å². The molecule has 0 aliphatic carbocycles. The Kier molecular flexibility index (Phi) is 4.54. The number of hydroxylamine groups is 1. The summed E-state index contributed by atoms with van der Waals surface area (Å²) in [5, 5.41) is 0.983. The van der Waals surface area contributed by atoms with E-state index in [1.807, 2.05) is 0 Å². The van der Waals surface area contributed by atoms with Crippen molar-refractivity contribution in [2.75, 3.05) is 25.8 Å². The summed E-state index contributed by atoms with van der Waals surface area (Å²) in [6, 6.07) is 4.15. The molecule has 0 aromatic heterocycles. The number of esters is 1. The number of hydrogen-bond donors (Lipinski definition) is 1. The summed E-state index contributed by atoms with van der Waals surface area (Å²) in [5.41, 5.74) is 0.504. The molecule has 9 nitrogen and oxygen atoms in total. The molecule has 10 heteroatoms. The van der Waals surface area contributed by atoms with Crippen LogP contribution in [0.25, 0.3) is 0 Å². The molecule has 1 atom stereocenters. The molecule has 0 radical (unpaired) electrons. The van der Waals surface area contributed by atoms with Crippen LogP contribution in [0.5, 0.6) is 0 Å². The van der Waals surface area contributed by atoms with Crippen molar-refractivity contribution in [2.24, 2.45) is 0 Å². The lowest BCUT2D eigenvalue weighted by Gasteiger charge is -2.15. The van der Waals surface area contributed by atoms with E-state index in [2.05, 4.69) is 9.02 Å². The number of hydrogen-bond acceptors (Lipinski definition) is 7. The number of fused-ring (bicyclic) bond motifs is 1. The van der Waals surface area contributed by atoms with Gasteiger partial charge in [0.25, 0.3) is 11.8 Å². The van der Waals surface area contributed by atoms with Crippen LogP contribution in [0.4, 0.5) is 5.69 Å². The molecule has 1 aromatic rings. The topological polar surface area (TPSA) is 113 Å². The number of anilines is 1. The zero-order chi connectivity index (χ0) is 16.4. The first kappa shape index (κ1) is 16.1. The lowest BCUT2D eigenvalue weighted by Crippen LogP contribution is -2.35. The van der Waals surface area contributed by atoms with E-state index in [9.17, 15) is 18.6 Å². The number of carbonyl (C=O) groups excluding carboxylic acids is 3. The minimum Gasteiger partial charge on any atom is -0.468 e. The van der Waals surface area contributed by atoms with Crippen LogP contribution in [0, 0.1) is 0 Å². The second kappa shape index (κ2) is 6.22. The van der Waals surface area contributed by atoms with E-state index < -0.39 is 35.7 Å². The molecule has 1 heterocycles. The second-order valence-electron chi connectivity index (χ2n) is 4.29. The van der Waals surface area contributed by atoms with Crippen molar-refractivity contribution in [1.29, 1.82) is 0 Å². The van der Waals surface area contributed by atoms with Gasteiger partial charge in [-0.15, -0.1) is 4.28 Å². The summed E-state index contributed by atoms with van der Waals surface area (Å²) >= 11 is -2.52. The molecule has 0 fully saturated rings. The molecular formula is C12H12N2O7S. The van der Waals surface area contributed by atoms with E-state index in [0.717, 1.165) is 17.1 Å². The van der Waals surface area contributed by atoms with E-state index in [1.54, 1.807) is 0 Å². The molecule has 0 saturated carbocycles. The van der Waals surface area contributed by atoms with Crippen molar-refractivity contribution in [1.82, 2.24) is 4.90 Å². The van der Waals surface area contributed by atoms with E-state index in [1.165, 1.54) is 25.2 Å². The predicted molar refractivity (Wildman–Crippen MR) is 74.1 cm³/mol. The Morgan fingerprint density at radius 1 is 1.32 bits per heavy atom. The molecule has 1 aliphatic heterocycles. The zero-order valence-electron chi connectivity index (χ0n) is 11.6. The van der Waals surface area contributed by atoms with Crippen molar-refractivity contribution < 1.29 is 32.2 Å². The fourth-order valence-corrected chi connectivity index (χ4v) is 2.23. The molecule has 1 N–H and O–H groups in total. The lowest BCUT2D eigenvalue weighted by molar-refractivity contribution is -0.140. The minimum atomic E-state index is -2.52. The van der Waals surface area contributed by atoms with Crippen LogP contribution in [-0.4, -0.2) is 52.1 Å². The standard InChI is InChI=1S/C12H12N2O7S/c1-13(21-22(18)19)7-3-4-8-9(5-7)12(17)14(11(8)16)6-10(15)20-2/h3-5H,6H2,1-2H3,(H,18,19). The number of benzene rings is 1. The van der Waals surface area contributed by atoms with Crippen LogP contribution >= 0.6 is 0 Å². The number of amides is 2. The minimum absolute atomic E-state index is 0.0746. The number of carbonyl (C=O) groups is 3. The average molecular weight is 328 g/mol. The van der Waals surface area contributed by atoms with Crippen molar-refractivity contribution in [2.45, 2.75) is 0 Å². The SMILES string of the molecule is COC(=O)CN1C(=O)c2ccc(N(C)OS(=O)O)cc2C1=O. The molecule has 1 aliphatic rings. The molecule has 2 rings (SSSR count). The zero-order valence-corrected chi connectivity index (χ0v) is 12.5. The van der Waals surface area contributed by atoms with E-state index in [-0.39, 0.29) is 11.1 Å². The maximum Gasteiger partial charge on any atom is 0.325 e. The first-order chi connectivity index (χ1) is 10.3. The average Bonchev–Trinajstić information content (AvgIpc) is 2.71. The van der Waals surface area contributed by atoms with Gasteiger partial charge in [0.05, 0.1) is 23.9 Å². The van der Waals surface area contributed by atoms with Gasteiger partial charge in [-0.2, -0.15) is 4.21 Å². The maximum absolute atomic E-state index is 12.2. The van der Waals surface area contributed by atoms with Crippen molar-refractivity contribution in [3.63, 3.8) is 0 Å². The number of nitrogens with zero attached hydrogens (tertiary/aromatic N) is 2. The molecular weight excluding hydrogens is 316 g/mol. The van der Waals surface area contributed by atoms with Crippen LogP contribution in [0.2, 0.25) is 0 Å². The van der Waals surface area contributed by atoms with Crippen LogP contribution in [0.1, 0.15) is 20.7 Å². The van der Waals surface area contributed by atoms with E-state index >= 15 is 0 Å². The van der Waals surface area contributed by atoms with Gasteiger partial charge < -0.3 is 4.74 Å². The van der Waals surface area contributed by atoms with Gasteiger partial charge in [-0.3, -0.25) is 23.8 Å². The van der Waals surface area contributed by atoms with Crippen molar-refractivity contribution in [3.8, 4) is 0 Å². The monoisotopic (exact) mass is 328 g/mol. The Morgan fingerprint density at radius 3 is 2.55 bits per heavy atom. The normalized spacial score (nSPS) is 14.8. The summed E-state index contributed by atoms with van der Waals surface area (Å²) in [5.74, 6) is -1.97. The molecule has 1 aromatic carbocycles. The molecule has 118 valence electrons. The first-order valence-electron chi connectivity index (χ1n) is 5.95. The second-order valence-corrected chi connectivity index (χ2v) is 4.87. The summed E-state index contributed by atoms with van der Waals surface area (Å²) in [6.07, 6.45) is 0. The summed E-state index contributed by atoms with van der Waals surface area (Å²) < 4.78 is 28.3. The van der Waals surface area contributed by atoms with Gasteiger partial charge in [-0.1, -0.05) is 0 Å². The number of methoxy groups -OCH3 is 1. The Bertz CT molecular complexity index is 675. The highest BCUT2D eigenvalue weighted by Gasteiger charge is 2.37. The highest BCUT2D eigenvalue weighted by atomic mass is 32.2.